The van der Waals surface area contributed by atoms with Crippen LogP contribution in [0.1, 0.15) is 31.2 Å². The lowest BCUT2D eigenvalue weighted by Gasteiger charge is -2.07. The number of halogens is 1. The predicted molar refractivity (Wildman–Crippen MR) is 52.5 cm³/mol. The maximum atomic E-state index is 13.2. The summed E-state index contributed by atoms with van der Waals surface area (Å²) in [5.74, 6) is 0.395. The van der Waals surface area contributed by atoms with E-state index in [0.717, 1.165) is 30.6 Å². The molecule has 0 unspecified atom stereocenters. The monoisotopic (exact) mass is 179 g/mol. The smallest absolute Gasteiger partial charge is 0.146 e. The Hall–Kier alpha value is -1.05. The van der Waals surface area contributed by atoms with Crippen LogP contribution in [0.2, 0.25) is 0 Å². The zero-order chi connectivity index (χ0) is 9.26. The third-order valence-electron chi connectivity index (χ3n) is 2.65. The number of benzene rings is 1. The molecule has 1 atom stereocenters. The van der Waals surface area contributed by atoms with Gasteiger partial charge < -0.3 is 5.32 Å². The number of hydrogen-bond acceptors (Lipinski definition) is 1. The van der Waals surface area contributed by atoms with Crippen LogP contribution in [0.5, 0.6) is 0 Å². The number of hydrogen-bond donors (Lipinski definition) is 1. The van der Waals surface area contributed by atoms with E-state index in [2.05, 4.69) is 12.2 Å². The topological polar surface area (TPSA) is 12.0 Å². The van der Waals surface area contributed by atoms with Gasteiger partial charge in [0.15, 0.2) is 0 Å². The summed E-state index contributed by atoms with van der Waals surface area (Å²) < 4.78 is 13.2. The second-order valence-corrected chi connectivity index (χ2v) is 3.57. The molecule has 0 fully saturated rings. The van der Waals surface area contributed by atoms with E-state index in [1.165, 1.54) is 6.07 Å². The largest absolute Gasteiger partial charge is 0.382 e. The Kier molecular flexibility index (Phi) is 2.21. The molecule has 1 aromatic rings. The van der Waals surface area contributed by atoms with Crippen LogP contribution in [-0.4, -0.2) is 6.54 Å². The molecule has 1 N–H and O–H groups in total. The molecule has 2 heteroatoms. The van der Waals surface area contributed by atoms with Crippen LogP contribution in [0, 0.1) is 5.82 Å². The first-order valence-electron chi connectivity index (χ1n) is 4.85. The predicted octanol–water partition coefficient (Wildman–Crippen LogP) is 3.13. The van der Waals surface area contributed by atoms with Gasteiger partial charge in [-0.3, -0.25) is 0 Å². The standard InChI is InChI=1S/C11H14FN/c1-2-4-8-7-13-11-9(8)5-3-6-10(11)12/h3,5-6,8,13H,2,4,7H2,1H3/t8-/m1/s1. The second-order valence-electron chi connectivity index (χ2n) is 3.57. The molecular formula is C11H14FN. The van der Waals surface area contributed by atoms with Crippen molar-refractivity contribution in [1.29, 1.82) is 0 Å². The van der Waals surface area contributed by atoms with Crippen molar-refractivity contribution in [3.8, 4) is 0 Å². The Balaban J connectivity index is 2.32. The minimum atomic E-state index is -0.115. The highest BCUT2D eigenvalue weighted by molar-refractivity contribution is 5.58. The molecule has 1 aliphatic rings. The van der Waals surface area contributed by atoms with Crippen LogP contribution in [0.25, 0.3) is 0 Å². The highest BCUT2D eigenvalue weighted by atomic mass is 19.1. The zero-order valence-electron chi connectivity index (χ0n) is 7.81. The van der Waals surface area contributed by atoms with Gasteiger partial charge in [0.05, 0.1) is 5.69 Å². The van der Waals surface area contributed by atoms with Crippen molar-refractivity contribution in [2.75, 3.05) is 11.9 Å². The normalized spacial score (nSPS) is 19.7. The summed E-state index contributed by atoms with van der Waals surface area (Å²) in [6.07, 6.45) is 2.30. The summed E-state index contributed by atoms with van der Waals surface area (Å²) >= 11 is 0. The average Bonchev–Trinajstić information content (AvgIpc) is 2.51. The third-order valence-corrected chi connectivity index (χ3v) is 2.65. The molecule has 70 valence electrons. The van der Waals surface area contributed by atoms with Gasteiger partial charge in [0.1, 0.15) is 5.82 Å². The molecule has 0 aliphatic carbocycles. The van der Waals surface area contributed by atoms with Gasteiger partial charge in [0.25, 0.3) is 0 Å². The molecule has 0 bridgehead atoms. The van der Waals surface area contributed by atoms with E-state index >= 15 is 0 Å². The van der Waals surface area contributed by atoms with Crippen molar-refractivity contribution >= 4 is 5.69 Å². The summed E-state index contributed by atoms with van der Waals surface area (Å²) in [7, 11) is 0. The number of para-hydroxylation sites is 1. The molecule has 0 saturated carbocycles. The number of rotatable bonds is 2. The fourth-order valence-electron chi connectivity index (χ4n) is 2.01. The Morgan fingerprint density at radius 2 is 2.38 bits per heavy atom. The van der Waals surface area contributed by atoms with Crippen LogP contribution in [0.4, 0.5) is 10.1 Å². The molecule has 0 radical (unpaired) electrons. The Bertz CT molecular complexity index is 309. The van der Waals surface area contributed by atoms with Gasteiger partial charge in [-0.05, 0) is 18.1 Å². The highest BCUT2D eigenvalue weighted by Gasteiger charge is 2.23. The molecule has 1 aromatic carbocycles. The summed E-state index contributed by atoms with van der Waals surface area (Å²) in [6, 6.07) is 5.34. The van der Waals surface area contributed by atoms with Gasteiger partial charge in [0, 0.05) is 12.5 Å². The second kappa shape index (κ2) is 3.36. The first kappa shape index (κ1) is 8.54. The van der Waals surface area contributed by atoms with Crippen molar-refractivity contribution < 1.29 is 4.39 Å². The lowest BCUT2D eigenvalue weighted by Crippen LogP contribution is -2.00. The van der Waals surface area contributed by atoms with Gasteiger partial charge in [-0.2, -0.15) is 0 Å². The minimum absolute atomic E-state index is 0.115. The molecule has 0 saturated heterocycles. The minimum Gasteiger partial charge on any atom is -0.382 e. The zero-order valence-corrected chi connectivity index (χ0v) is 7.81. The Morgan fingerprint density at radius 3 is 3.15 bits per heavy atom. The number of fused-ring (bicyclic) bond motifs is 1. The summed E-state index contributed by atoms with van der Waals surface area (Å²) in [5.41, 5.74) is 1.88. The lowest BCUT2D eigenvalue weighted by molar-refractivity contribution is 0.630. The van der Waals surface area contributed by atoms with Gasteiger partial charge in [-0.1, -0.05) is 25.5 Å². The first-order chi connectivity index (χ1) is 6.33. The maximum absolute atomic E-state index is 13.2. The van der Waals surface area contributed by atoms with Crippen molar-refractivity contribution in [1.82, 2.24) is 0 Å². The molecule has 2 rings (SSSR count). The van der Waals surface area contributed by atoms with Crippen molar-refractivity contribution in [2.45, 2.75) is 25.7 Å². The maximum Gasteiger partial charge on any atom is 0.146 e. The van der Waals surface area contributed by atoms with Gasteiger partial charge >= 0.3 is 0 Å². The third kappa shape index (κ3) is 1.41. The highest BCUT2D eigenvalue weighted by Crippen LogP contribution is 2.35. The number of anilines is 1. The Morgan fingerprint density at radius 1 is 1.54 bits per heavy atom. The summed E-state index contributed by atoms with van der Waals surface area (Å²) in [4.78, 5) is 0. The van der Waals surface area contributed by atoms with E-state index in [1.807, 2.05) is 6.07 Å². The first-order valence-corrected chi connectivity index (χ1v) is 4.85. The number of nitrogens with one attached hydrogen (secondary N) is 1. The van der Waals surface area contributed by atoms with Crippen molar-refractivity contribution in [3.05, 3.63) is 29.6 Å². The van der Waals surface area contributed by atoms with E-state index < -0.39 is 0 Å². The molecule has 1 heterocycles. The van der Waals surface area contributed by atoms with E-state index in [4.69, 9.17) is 0 Å². The molecule has 13 heavy (non-hydrogen) atoms. The van der Waals surface area contributed by atoms with Crippen LogP contribution in [-0.2, 0) is 0 Å². The van der Waals surface area contributed by atoms with E-state index in [-0.39, 0.29) is 5.82 Å². The van der Waals surface area contributed by atoms with E-state index in [0.29, 0.717) is 5.92 Å². The fourth-order valence-corrected chi connectivity index (χ4v) is 2.01. The van der Waals surface area contributed by atoms with Gasteiger partial charge in [-0.25, -0.2) is 4.39 Å². The summed E-state index contributed by atoms with van der Waals surface area (Å²) in [5, 5.41) is 3.13. The molecule has 1 aliphatic heterocycles. The molecular weight excluding hydrogens is 165 g/mol. The van der Waals surface area contributed by atoms with Crippen LogP contribution in [0.3, 0.4) is 0 Å². The van der Waals surface area contributed by atoms with Crippen molar-refractivity contribution in [3.63, 3.8) is 0 Å². The van der Waals surface area contributed by atoms with Crippen molar-refractivity contribution in [2.24, 2.45) is 0 Å². The van der Waals surface area contributed by atoms with Crippen LogP contribution in [0.15, 0.2) is 18.2 Å². The fraction of sp³-hybridized carbons (Fsp3) is 0.455. The average molecular weight is 179 g/mol. The van der Waals surface area contributed by atoms with Crippen LogP contribution < -0.4 is 5.32 Å². The summed E-state index contributed by atoms with van der Waals surface area (Å²) in [6.45, 7) is 3.06. The lowest BCUT2D eigenvalue weighted by atomic mass is 9.97. The Labute approximate surface area is 78.0 Å². The van der Waals surface area contributed by atoms with E-state index in [9.17, 15) is 4.39 Å². The molecule has 0 spiro atoms. The molecule has 1 nitrogen and oxygen atoms in total. The van der Waals surface area contributed by atoms with E-state index in [1.54, 1.807) is 6.07 Å². The SMILES string of the molecule is CCC[C@@H]1CNc2c(F)cccc21. The molecule has 0 amide bonds. The molecule has 0 aromatic heterocycles. The van der Waals surface area contributed by atoms with Gasteiger partial charge in [-0.15, -0.1) is 0 Å². The van der Waals surface area contributed by atoms with Crippen LogP contribution >= 0.6 is 0 Å². The van der Waals surface area contributed by atoms with Gasteiger partial charge in [0.2, 0.25) is 0 Å². The quantitative estimate of drug-likeness (QED) is 0.735.